The molecule has 2 aromatic rings. The van der Waals surface area contributed by atoms with Crippen LogP contribution in [0.4, 0.5) is 0 Å². The van der Waals surface area contributed by atoms with Crippen LogP contribution in [0.3, 0.4) is 0 Å². The summed E-state index contributed by atoms with van der Waals surface area (Å²) in [7, 11) is 0. The average Bonchev–Trinajstić information content (AvgIpc) is 2.52. The molecule has 0 aromatic heterocycles. The highest BCUT2D eigenvalue weighted by Crippen LogP contribution is 2.16. The lowest BCUT2D eigenvalue weighted by Gasteiger charge is -2.15. The Balaban J connectivity index is 2.03. The van der Waals surface area contributed by atoms with Gasteiger partial charge in [0, 0.05) is 12.6 Å². The van der Waals surface area contributed by atoms with Crippen molar-refractivity contribution in [3.63, 3.8) is 0 Å². The maximum atomic E-state index is 11.2. The SMILES string of the molecule is CCc1ccc(C(C)NCc2ccccc2C(=O)O)cc1. The molecule has 0 saturated carbocycles. The van der Waals surface area contributed by atoms with Crippen LogP contribution in [0.15, 0.2) is 48.5 Å². The fourth-order valence-corrected chi connectivity index (χ4v) is 2.31. The van der Waals surface area contributed by atoms with E-state index in [4.69, 9.17) is 0 Å². The summed E-state index contributed by atoms with van der Waals surface area (Å²) in [5.41, 5.74) is 3.70. The van der Waals surface area contributed by atoms with E-state index in [0.29, 0.717) is 12.1 Å². The molecule has 1 atom stereocenters. The second-order valence-corrected chi connectivity index (χ2v) is 5.16. The first-order valence-corrected chi connectivity index (χ1v) is 7.25. The Morgan fingerprint density at radius 1 is 1.14 bits per heavy atom. The molecule has 0 amide bonds. The van der Waals surface area contributed by atoms with Gasteiger partial charge in [0.1, 0.15) is 0 Å². The van der Waals surface area contributed by atoms with Gasteiger partial charge in [0.2, 0.25) is 0 Å². The van der Waals surface area contributed by atoms with E-state index in [1.165, 1.54) is 11.1 Å². The van der Waals surface area contributed by atoms with Crippen molar-refractivity contribution in [3.05, 3.63) is 70.8 Å². The fraction of sp³-hybridized carbons (Fsp3) is 0.278. The largest absolute Gasteiger partial charge is 0.478 e. The van der Waals surface area contributed by atoms with Gasteiger partial charge in [-0.3, -0.25) is 0 Å². The average molecular weight is 283 g/mol. The summed E-state index contributed by atoms with van der Waals surface area (Å²) in [6.07, 6.45) is 1.04. The van der Waals surface area contributed by atoms with Crippen LogP contribution in [0.5, 0.6) is 0 Å². The Morgan fingerprint density at radius 2 is 1.81 bits per heavy atom. The quantitative estimate of drug-likeness (QED) is 0.847. The Labute approximate surface area is 125 Å². The molecule has 0 heterocycles. The number of carboxylic acids is 1. The summed E-state index contributed by atoms with van der Waals surface area (Å²) >= 11 is 0. The molecule has 0 aliphatic carbocycles. The molecule has 0 saturated heterocycles. The number of rotatable bonds is 6. The van der Waals surface area contributed by atoms with E-state index in [-0.39, 0.29) is 6.04 Å². The lowest BCUT2D eigenvalue weighted by Crippen LogP contribution is -2.19. The fourth-order valence-electron chi connectivity index (χ4n) is 2.31. The van der Waals surface area contributed by atoms with Crippen molar-refractivity contribution in [2.24, 2.45) is 0 Å². The molecule has 3 nitrogen and oxygen atoms in total. The molecule has 3 heteroatoms. The Morgan fingerprint density at radius 3 is 2.43 bits per heavy atom. The van der Waals surface area contributed by atoms with Crippen molar-refractivity contribution >= 4 is 5.97 Å². The summed E-state index contributed by atoms with van der Waals surface area (Å²) in [5.74, 6) is -0.882. The van der Waals surface area contributed by atoms with Crippen LogP contribution in [0.1, 0.15) is 46.9 Å². The van der Waals surface area contributed by atoms with Crippen molar-refractivity contribution < 1.29 is 9.90 Å². The van der Waals surface area contributed by atoms with Crippen molar-refractivity contribution in [2.75, 3.05) is 0 Å². The Hall–Kier alpha value is -2.13. The molecular weight excluding hydrogens is 262 g/mol. The summed E-state index contributed by atoms with van der Waals surface area (Å²) in [6.45, 7) is 4.77. The van der Waals surface area contributed by atoms with Crippen LogP contribution in [0.25, 0.3) is 0 Å². The van der Waals surface area contributed by atoms with E-state index in [1.807, 2.05) is 12.1 Å². The van der Waals surface area contributed by atoms with E-state index in [9.17, 15) is 9.90 Å². The predicted octanol–water partition coefficient (Wildman–Crippen LogP) is 3.80. The number of aromatic carboxylic acids is 1. The Kier molecular flexibility index (Phi) is 5.12. The van der Waals surface area contributed by atoms with Gasteiger partial charge in [-0.25, -0.2) is 4.79 Å². The second kappa shape index (κ2) is 7.04. The monoisotopic (exact) mass is 283 g/mol. The molecular formula is C18H21NO2. The van der Waals surface area contributed by atoms with Crippen LogP contribution in [0.2, 0.25) is 0 Å². The van der Waals surface area contributed by atoms with Crippen LogP contribution in [0, 0.1) is 0 Å². The summed E-state index contributed by atoms with van der Waals surface area (Å²) < 4.78 is 0. The molecule has 0 aliphatic heterocycles. The van der Waals surface area contributed by atoms with E-state index < -0.39 is 5.97 Å². The molecule has 2 N–H and O–H groups in total. The molecule has 0 radical (unpaired) electrons. The summed E-state index contributed by atoms with van der Waals surface area (Å²) in [5, 5.41) is 12.6. The molecule has 2 aromatic carbocycles. The number of benzene rings is 2. The van der Waals surface area contributed by atoms with Crippen molar-refractivity contribution in [1.29, 1.82) is 0 Å². The number of hydrogen-bond donors (Lipinski definition) is 2. The molecule has 110 valence electrons. The van der Waals surface area contributed by atoms with E-state index in [0.717, 1.165) is 12.0 Å². The lowest BCUT2D eigenvalue weighted by molar-refractivity contribution is 0.0695. The van der Waals surface area contributed by atoms with Crippen LogP contribution >= 0.6 is 0 Å². The van der Waals surface area contributed by atoms with Crippen LogP contribution < -0.4 is 5.32 Å². The zero-order valence-electron chi connectivity index (χ0n) is 12.5. The van der Waals surface area contributed by atoms with Gasteiger partial charge in [0.05, 0.1) is 5.56 Å². The summed E-state index contributed by atoms with van der Waals surface area (Å²) in [4.78, 5) is 11.2. The number of carboxylic acid groups (broad SMARTS) is 1. The van der Waals surface area contributed by atoms with Gasteiger partial charge >= 0.3 is 5.97 Å². The van der Waals surface area contributed by atoms with Crippen molar-refractivity contribution in [1.82, 2.24) is 5.32 Å². The van der Waals surface area contributed by atoms with E-state index >= 15 is 0 Å². The van der Waals surface area contributed by atoms with Gasteiger partial charge in [0.15, 0.2) is 0 Å². The Bertz CT molecular complexity index is 605. The highest BCUT2D eigenvalue weighted by Gasteiger charge is 2.10. The second-order valence-electron chi connectivity index (χ2n) is 5.16. The van der Waals surface area contributed by atoms with Gasteiger partial charge in [-0.2, -0.15) is 0 Å². The number of aryl methyl sites for hydroxylation is 1. The van der Waals surface area contributed by atoms with Gasteiger partial charge < -0.3 is 10.4 Å². The smallest absolute Gasteiger partial charge is 0.336 e. The van der Waals surface area contributed by atoms with Crippen molar-refractivity contribution in [2.45, 2.75) is 32.9 Å². The molecule has 0 spiro atoms. The number of nitrogens with one attached hydrogen (secondary N) is 1. The molecule has 0 bridgehead atoms. The lowest BCUT2D eigenvalue weighted by atomic mass is 10.0. The van der Waals surface area contributed by atoms with E-state index in [2.05, 4.69) is 43.4 Å². The molecule has 2 rings (SSSR count). The van der Waals surface area contributed by atoms with E-state index in [1.54, 1.807) is 12.1 Å². The molecule has 21 heavy (non-hydrogen) atoms. The minimum Gasteiger partial charge on any atom is -0.478 e. The first-order chi connectivity index (χ1) is 10.1. The zero-order chi connectivity index (χ0) is 15.2. The van der Waals surface area contributed by atoms with Gasteiger partial charge in [-0.15, -0.1) is 0 Å². The molecule has 0 aliphatic rings. The maximum Gasteiger partial charge on any atom is 0.336 e. The van der Waals surface area contributed by atoms with Gasteiger partial charge in [-0.1, -0.05) is 49.4 Å². The third kappa shape index (κ3) is 3.92. The molecule has 0 fully saturated rings. The topological polar surface area (TPSA) is 49.3 Å². The third-order valence-corrected chi connectivity index (χ3v) is 3.73. The van der Waals surface area contributed by atoms with Gasteiger partial charge in [0.25, 0.3) is 0 Å². The van der Waals surface area contributed by atoms with Crippen molar-refractivity contribution in [3.8, 4) is 0 Å². The predicted molar refractivity (Wildman–Crippen MR) is 84.5 cm³/mol. The minimum absolute atomic E-state index is 0.178. The molecule has 1 unspecified atom stereocenters. The van der Waals surface area contributed by atoms with Crippen LogP contribution in [-0.4, -0.2) is 11.1 Å². The van der Waals surface area contributed by atoms with Crippen LogP contribution in [-0.2, 0) is 13.0 Å². The highest BCUT2D eigenvalue weighted by molar-refractivity contribution is 5.89. The number of hydrogen-bond acceptors (Lipinski definition) is 2. The normalized spacial score (nSPS) is 12.1. The minimum atomic E-state index is -0.882. The third-order valence-electron chi connectivity index (χ3n) is 3.73. The van der Waals surface area contributed by atoms with Gasteiger partial charge in [-0.05, 0) is 36.1 Å². The first kappa shape index (κ1) is 15.3. The standard InChI is InChI=1S/C18H21NO2/c1-3-14-8-10-15(11-9-14)13(2)19-12-16-6-4-5-7-17(16)18(20)21/h4-11,13,19H,3,12H2,1-2H3,(H,20,21). The summed E-state index contributed by atoms with van der Waals surface area (Å²) in [6, 6.07) is 15.8. The maximum absolute atomic E-state index is 11.2. The highest BCUT2D eigenvalue weighted by atomic mass is 16.4. The zero-order valence-corrected chi connectivity index (χ0v) is 12.5. The first-order valence-electron chi connectivity index (χ1n) is 7.25. The number of carbonyl (C=O) groups is 1.